The van der Waals surface area contributed by atoms with Crippen LogP contribution in [-0.2, 0) is 12.8 Å². The van der Waals surface area contributed by atoms with E-state index < -0.39 is 0 Å². The molecule has 0 fully saturated rings. The van der Waals surface area contributed by atoms with E-state index in [0.29, 0.717) is 11.5 Å². The van der Waals surface area contributed by atoms with Gasteiger partial charge in [0.15, 0.2) is 0 Å². The largest absolute Gasteiger partial charge is 0.508 e. The summed E-state index contributed by atoms with van der Waals surface area (Å²) >= 11 is 0. The Hall–Kier alpha value is -1.26. The van der Waals surface area contributed by atoms with Gasteiger partial charge in [0.2, 0.25) is 0 Å². The van der Waals surface area contributed by atoms with Gasteiger partial charge >= 0.3 is 0 Å². The van der Waals surface area contributed by atoms with Crippen molar-refractivity contribution in [1.29, 1.82) is 0 Å². The third-order valence-electron chi connectivity index (χ3n) is 6.00. The third-order valence-corrected chi connectivity index (χ3v) is 8.53. The highest BCUT2D eigenvalue weighted by atomic mass is 33.1. The van der Waals surface area contributed by atoms with Crippen molar-refractivity contribution >= 4 is 21.6 Å². The predicted octanol–water partition coefficient (Wildman–Crippen LogP) is 9.70. The molecule has 178 valence electrons. The fraction of sp³-hybridized carbons (Fsp3) is 0.571. The fourth-order valence-corrected chi connectivity index (χ4v) is 6.56. The molecule has 0 radical (unpaired) electrons. The highest BCUT2D eigenvalue weighted by Crippen LogP contribution is 2.44. The van der Waals surface area contributed by atoms with Crippen LogP contribution in [0.5, 0.6) is 11.5 Å². The highest BCUT2D eigenvalue weighted by molar-refractivity contribution is 8.76. The van der Waals surface area contributed by atoms with Crippen LogP contribution in [0.25, 0.3) is 0 Å². The molecule has 0 amide bonds. The number of benzene rings is 2. The monoisotopic (exact) mass is 474 g/mol. The van der Waals surface area contributed by atoms with Crippen LogP contribution in [0.3, 0.4) is 0 Å². The summed E-state index contributed by atoms with van der Waals surface area (Å²) in [6.45, 7) is 4.49. The van der Waals surface area contributed by atoms with Crippen LogP contribution < -0.4 is 0 Å². The molecule has 2 nitrogen and oxygen atoms in total. The van der Waals surface area contributed by atoms with E-state index in [9.17, 15) is 10.2 Å². The van der Waals surface area contributed by atoms with Crippen molar-refractivity contribution in [2.24, 2.45) is 0 Å². The lowest BCUT2D eigenvalue weighted by Gasteiger charge is -2.13. The van der Waals surface area contributed by atoms with Crippen LogP contribution in [0.4, 0.5) is 0 Å². The highest BCUT2D eigenvalue weighted by Gasteiger charge is 2.13. The van der Waals surface area contributed by atoms with E-state index in [0.717, 1.165) is 46.6 Å². The standard InChI is InChI=1S/C28H42O2S2/c1-3-5-7-9-11-13-17-23-25(29)19-15-21-27(23)31-32-28-22-16-20-26(30)24(28)18-14-12-10-8-6-4-2/h15-16,19-22,29-30H,3-14,17-18H2,1-2H3. The molecule has 0 bridgehead atoms. The Kier molecular flexibility index (Phi) is 13.8. The molecular weight excluding hydrogens is 432 g/mol. The topological polar surface area (TPSA) is 40.5 Å². The normalized spacial score (nSPS) is 11.2. The first-order valence-corrected chi connectivity index (χ1v) is 14.8. The van der Waals surface area contributed by atoms with Crippen molar-refractivity contribution < 1.29 is 10.2 Å². The molecule has 2 aromatic rings. The molecule has 2 aromatic carbocycles. The van der Waals surface area contributed by atoms with Gasteiger partial charge < -0.3 is 10.2 Å². The van der Waals surface area contributed by atoms with E-state index in [1.807, 2.05) is 12.1 Å². The van der Waals surface area contributed by atoms with Crippen molar-refractivity contribution in [3.8, 4) is 11.5 Å². The molecule has 0 aliphatic rings. The van der Waals surface area contributed by atoms with Crippen LogP contribution in [-0.4, -0.2) is 10.2 Å². The number of hydrogen-bond donors (Lipinski definition) is 2. The van der Waals surface area contributed by atoms with Gasteiger partial charge in [-0.2, -0.15) is 0 Å². The summed E-state index contributed by atoms with van der Waals surface area (Å²) in [6.07, 6.45) is 16.9. The van der Waals surface area contributed by atoms with Gasteiger partial charge in [0.25, 0.3) is 0 Å². The minimum absolute atomic E-state index is 0.410. The molecule has 0 saturated carbocycles. The first-order chi connectivity index (χ1) is 15.7. The maximum atomic E-state index is 10.5. The molecule has 2 N–H and O–H groups in total. The lowest BCUT2D eigenvalue weighted by Crippen LogP contribution is -1.92. The number of phenolic OH excluding ortho intramolecular Hbond substituents is 2. The number of rotatable bonds is 17. The zero-order valence-corrected chi connectivity index (χ0v) is 21.7. The van der Waals surface area contributed by atoms with Crippen molar-refractivity contribution in [2.75, 3.05) is 0 Å². The summed E-state index contributed by atoms with van der Waals surface area (Å²) in [6, 6.07) is 11.7. The maximum Gasteiger partial charge on any atom is 0.119 e. The molecule has 0 saturated heterocycles. The molecule has 0 atom stereocenters. The van der Waals surface area contributed by atoms with Gasteiger partial charge in [-0.25, -0.2) is 0 Å². The van der Waals surface area contributed by atoms with Gasteiger partial charge in [0.05, 0.1) is 0 Å². The molecule has 0 aliphatic heterocycles. The van der Waals surface area contributed by atoms with Gasteiger partial charge in [0, 0.05) is 20.9 Å². The maximum absolute atomic E-state index is 10.5. The summed E-state index contributed by atoms with van der Waals surface area (Å²) in [7, 11) is 3.41. The van der Waals surface area contributed by atoms with E-state index >= 15 is 0 Å². The molecule has 0 heterocycles. The Morgan fingerprint density at radius 1 is 0.531 bits per heavy atom. The van der Waals surface area contributed by atoms with Gasteiger partial charge in [0.1, 0.15) is 11.5 Å². The zero-order valence-electron chi connectivity index (χ0n) is 20.1. The SMILES string of the molecule is CCCCCCCCc1c(O)cccc1SSc1cccc(O)c1CCCCCCCC. The quantitative estimate of drug-likeness (QED) is 0.177. The van der Waals surface area contributed by atoms with E-state index in [1.165, 1.54) is 64.2 Å². The van der Waals surface area contributed by atoms with Crippen molar-refractivity contribution in [3.63, 3.8) is 0 Å². The second-order valence-electron chi connectivity index (χ2n) is 8.71. The van der Waals surface area contributed by atoms with Crippen LogP contribution in [0, 0.1) is 0 Å². The third kappa shape index (κ3) is 9.70. The fourth-order valence-electron chi connectivity index (χ4n) is 4.02. The van der Waals surface area contributed by atoms with E-state index in [-0.39, 0.29) is 0 Å². The molecule has 0 unspecified atom stereocenters. The Bertz CT molecular complexity index is 711. The first kappa shape index (κ1) is 27.0. The van der Waals surface area contributed by atoms with Crippen molar-refractivity contribution in [2.45, 2.75) is 114 Å². The number of hydrogen-bond acceptors (Lipinski definition) is 4. The van der Waals surface area contributed by atoms with Gasteiger partial charge in [-0.05, 0) is 49.9 Å². The van der Waals surface area contributed by atoms with Gasteiger partial charge in [-0.1, -0.05) is 112 Å². The van der Waals surface area contributed by atoms with E-state index in [4.69, 9.17) is 0 Å². The molecule has 32 heavy (non-hydrogen) atoms. The predicted molar refractivity (Wildman–Crippen MR) is 142 cm³/mol. The molecule has 0 spiro atoms. The second-order valence-corrected chi connectivity index (χ2v) is 10.9. The molecule has 0 aromatic heterocycles. The number of unbranched alkanes of at least 4 members (excludes halogenated alkanes) is 10. The minimum Gasteiger partial charge on any atom is -0.508 e. The van der Waals surface area contributed by atoms with Crippen LogP contribution in [0.15, 0.2) is 46.2 Å². The average Bonchev–Trinajstić information content (AvgIpc) is 2.79. The number of phenols is 2. The Balaban J connectivity index is 1.94. The second kappa shape index (κ2) is 16.4. The van der Waals surface area contributed by atoms with Gasteiger partial charge in [-0.3, -0.25) is 0 Å². The number of aromatic hydroxyl groups is 2. The molecular formula is C28H42O2S2. The van der Waals surface area contributed by atoms with Crippen molar-refractivity contribution in [3.05, 3.63) is 47.5 Å². The molecule has 2 rings (SSSR count). The van der Waals surface area contributed by atoms with Crippen LogP contribution in [0.1, 0.15) is 102 Å². The molecule has 4 heteroatoms. The van der Waals surface area contributed by atoms with E-state index in [1.54, 1.807) is 33.7 Å². The average molecular weight is 475 g/mol. The zero-order chi connectivity index (χ0) is 23.0. The lowest BCUT2D eigenvalue weighted by molar-refractivity contribution is 0.463. The van der Waals surface area contributed by atoms with E-state index in [2.05, 4.69) is 26.0 Å². The summed E-state index contributed by atoms with van der Waals surface area (Å²) < 4.78 is 0. The minimum atomic E-state index is 0.410. The Labute approximate surface area is 204 Å². The van der Waals surface area contributed by atoms with Crippen LogP contribution >= 0.6 is 21.6 Å². The Morgan fingerprint density at radius 2 is 0.906 bits per heavy atom. The van der Waals surface area contributed by atoms with Gasteiger partial charge in [-0.15, -0.1) is 0 Å². The summed E-state index contributed by atoms with van der Waals surface area (Å²) in [5.74, 6) is 0.819. The first-order valence-electron chi connectivity index (χ1n) is 12.6. The molecule has 0 aliphatic carbocycles. The van der Waals surface area contributed by atoms with Crippen molar-refractivity contribution in [1.82, 2.24) is 0 Å². The van der Waals surface area contributed by atoms with Crippen LogP contribution in [0.2, 0.25) is 0 Å². The lowest BCUT2D eigenvalue weighted by atomic mass is 10.0. The summed E-state index contributed by atoms with van der Waals surface area (Å²) in [5, 5.41) is 20.9. The summed E-state index contributed by atoms with van der Waals surface area (Å²) in [4.78, 5) is 2.27. The smallest absolute Gasteiger partial charge is 0.119 e. The summed E-state index contributed by atoms with van der Waals surface area (Å²) in [5.41, 5.74) is 2.14. The Morgan fingerprint density at radius 3 is 1.31 bits per heavy atom.